The van der Waals surface area contributed by atoms with Crippen LogP contribution in [0, 0.1) is 0 Å². The Morgan fingerprint density at radius 1 is 1.11 bits per heavy atom. The second kappa shape index (κ2) is 6.70. The summed E-state index contributed by atoms with van der Waals surface area (Å²) in [5, 5.41) is 30.3. The summed E-state index contributed by atoms with van der Waals surface area (Å²) in [5.74, 6) is -2.09. The quantitative estimate of drug-likeness (QED) is 0.378. The summed E-state index contributed by atoms with van der Waals surface area (Å²) >= 11 is 0. The fraction of sp³-hybridized carbons (Fsp3) is 0.417. The molecule has 6 heteroatoms. The Bertz CT molecular complexity index is 398. The van der Waals surface area contributed by atoms with E-state index in [-0.39, 0.29) is 5.56 Å². The monoisotopic (exact) mass is 254 g/mol. The number of unbranched alkanes of at least 4 members (excludes halogenated alkanes) is 2. The zero-order valence-electron chi connectivity index (χ0n) is 10.0. The summed E-state index contributed by atoms with van der Waals surface area (Å²) in [6.07, 6.45) is 2.67. The third-order valence-corrected chi connectivity index (χ3v) is 2.50. The van der Waals surface area contributed by atoms with Crippen molar-refractivity contribution in [2.24, 2.45) is 5.73 Å². The van der Waals surface area contributed by atoms with Crippen molar-refractivity contribution >= 4 is 5.91 Å². The van der Waals surface area contributed by atoms with Gasteiger partial charge in [0.05, 0.1) is 0 Å². The molecule has 0 saturated heterocycles. The molecule has 0 saturated carbocycles. The van der Waals surface area contributed by atoms with E-state index in [1.807, 2.05) is 0 Å². The van der Waals surface area contributed by atoms with E-state index < -0.39 is 23.2 Å². The average Bonchev–Trinajstić information content (AvgIpc) is 2.34. The molecule has 0 atom stereocenters. The minimum atomic E-state index is -0.630. The van der Waals surface area contributed by atoms with Gasteiger partial charge in [-0.05, 0) is 31.5 Å². The Balaban J connectivity index is 2.52. The van der Waals surface area contributed by atoms with E-state index >= 15 is 0 Å². The van der Waals surface area contributed by atoms with Crippen LogP contribution in [0.15, 0.2) is 12.1 Å². The van der Waals surface area contributed by atoms with Crippen LogP contribution < -0.4 is 11.1 Å². The van der Waals surface area contributed by atoms with Crippen molar-refractivity contribution < 1.29 is 20.1 Å². The molecule has 0 bridgehead atoms. The molecular formula is C12H18N2O4. The zero-order valence-corrected chi connectivity index (χ0v) is 10.0. The number of carbonyl (C=O) groups excluding carboxylic acids is 1. The highest BCUT2D eigenvalue weighted by molar-refractivity contribution is 5.95. The Hall–Kier alpha value is -1.95. The van der Waals surface area contributed by atoms with Crippen LogP contribution in [0.5, 0.6) is 17.2 Å². The molecule has 1 aromatic carbocycles. The Morgan fingerprint density at radius 3 is 2.28 bits per heavy atom. The first-order chi connectivity index (χ1) is 8.56. The maximum absolute atomic E-state index is 11.7. The first-order valence-electron chi connectivity index (χ1n) is 5.79. The number of benzene rings is 1. The predicted molar refractivity (Wildman–Crippen MR) is 66.7 cm³/mol. The maximum atomic E-state index is 11.7. The lowest BCUT2D eigenvalue weighted by Gasteiger charge is -2.07. The smallest absolute Gasteiger partial charge is 0.251 e. The molecule has 0 aliphatic rings. The molecule has 0 aliphatic heterocycles. The van der Waals surface area contributed by atoms with Crippen molar-refractivity contribution in [1.82, 2.24) is 5.32 Å². The van der Waals surface area contributed by atoms with Crippen LogP contribution in [0.3, 0.4) is 0 Å². The molecular weight excluding hydrogens is 236 g/mol. The Morgan fingerprint density at radius 2 is 1.72 bits per heavy atom. The number of phenolic OH excluding ortho intramolecular Hbond substituents is 3. The van der Waals surface area contributed by atoms with Gasteiger partial charge in [-0.3, -0.25) is 4.79 Å². The van der Waals surface area contributed by atoms with Crippen LogP contribution in [0.4, 0.5) is 0 Å². The third-order valence-electron chi connectivity index (χ3n) is 2.50. The highest BCUT2D eigenvalue weighted by atomic mass is 16.3. The maximum Gasteiger partial charge on any atom is 0.251 e. The average molecular weight is 254 g/mol. The fourth-order valence-corrected chi connectivity index (χ4v) is 1.49. The van der Waals surface area contributed by atoms with Crippen LogP contribution >= 0.6 is 0 Å². The number of nitrogens with one attached hydrogen (secondary N) is 1. The number of amides is 1. The molecule has 0 aliphatic carbocycles. The van der Waals surface area contributed by atoms with Crippen LogP contribution in [-0.2, 0) is 0 Å². The van der Waals surface area contributed by atoms with E-state index in [2.05, 4.69) is 5.32 Å². The van der Waals surface area contributed by atoms with Gasteiger partial charge in [0.25, 0.3) is 5.91 Å². The van der Waals surface area contributed by atoms with Gasteiger partial charge in [0.15, 0.2) is 17.2 Å². The van der Waals surface area contributed by atoms with Crippen LogP contribution in [0.25, 0.3) is 0 Å². The van der Waals surface area contributed by atoms with Crippen molar-refractivity contribution in [1.29, 1.82) is 0 Å². The van der Waals surface area contributed by atoms with Gasteiger partial charge in [0.1, 0.15) is 0 Å². The summed E-state index contributed by atoms with van der Waals surface area (Å²) < 4.78 is 0. The highest BCUT2D eigenvalue weighted by Crippen LogP contribution is 2.35. The van der Waals surface area contributed by atoms with Gasteiger partial charge in [-0.25, -0.2) is 0 Å². The number of hydrogen-bond acceptors (Lipinski definition) is 5. The topological polar surface area (TPSA) is 116 Å². The molecule has 6 nitrogen and oxygen atoms in total. The van der Waals surface area contributed by atoms with E-state index in [1.54, 1.807) is 0 Å². The molecule has 0 heterocycles. The molecule has 6 N–H and O–H groups in total. The lowest BCUT2D eigenvalue weighted by atomic mass is 10.1. The van der Waals surface area contributed by atoms with Crippen LogP contribution in [-0.4, -0.2) is 34.3 Å². The summed E-state index contributed by atoms with van der Waals surface area (Å²) in [7, 11) is 0. The van der Waals surface area contributed by atoms with Gasteiger partial charge in [0.2, 0.25) is 0 Å². The number of phenols is 3. The molecule has 0 radical (unpaired) electrons. The molecule has 1 aromatic rings. The predicted octanol–water partition coefficient (Wildman–Crippen LogP) is 0.662. The molecule has 0 aromatic heterocycles. The normalized spacial score (nSPS) is 10.3. The van der Waals surface area contributed by atoms with Gasteiger partial charge < -0.3 is 26.4 Å². The van der Waals surface area contributed by atoms with Gasteiger partial charge >= 0.3 is 0 Å². The number of nitrogens with two attached hydrogens (primary N) is 1. The number of rotatable bonds is 6. The summed E-state index contributed by atoms with van der Waals surface area (Å²) in [4.78, 5) is 11.7. The highest BCUT2D eigenvalue weighted by Gasteiger charge is 2.12. The number of aromatic hydroxyl groups is 3. The summed E-state index contributed by atoms with van der Waals surface area (Å²) in [6, 6.07) is 2.20. The van der Waals surface area contributed by atoms with Crippen molar-refractivity contribution in [3.05, 3.63) is 17.7 Å². The molecule has 0 unspecified atom stereocenters. The van der Waals surface area contributed by atoms with Gasteiger partial charge in [-0.1, -0.05) is 6.42 Å². The van der Waals surface area contributed by atoms with Crippen LogP contribution in [0.2, 0.25) is 0 Å². The number of hydrogen-bond donors (Lipinski definition) is 5. The largest absolute Gasteiger partial charge is 0.504 e. The van der Waals surface area contributed by atoms with E-state index in [0.29, 0.717) is 13.1 Å². The molecule has 1 amide bonds. The second-order valence-electron chi connectivity index (χ2n) is 3.97. The third kappa shape index (κ3) is 3.81. The minimum absolute atomic E-state index is 0.0987. The minimum Gasteiger partial charge on any atom is -0.504 e. The zero-order chi connectivity index (χ0) is 13.5. The first-order valence-corrected chi connectivity index (χ1v) is 5.79. The standard InChI is InChI=1S/C12H18N2O4/c13-4-2-1-3-5-14-12(18)8-6-9(15)11(17)10(16)7-8/h6-7,15-17H,1-5,13H2,(H,14,18). The van der Waals surface area contributed by atoms with Gasteiger partial charge in [-0.15, -0.1) is 0 Å². The molecule has 100 valence electrons. The lowest BCUT2D eigenvalue weighted by molar-refractivity contribution is 0.0952. The van der Waals surface area contributed by atoms with Gasteiger partial charge in [-0.2, -0.15) is 0 Å². The number of carbonyl (C=O) groups is 1. The molecule has 1 rings (SSSR count). The SMILES string of the molecule is NCCCCCNC(=O)c1cc(O)c(O)c(O)c1. The lowest BCUT2D eigenvalue weighted by Crippen LogP contribution is -2.24. The van der Waals surface area contributed by atoms with E-state index in [0.717, 1.165) is 31.4 Å². The summed E-state index contributed by atoms with van der Waals surface area (Å²) in [5.41, 5.74) is 5.44. The fourth-order valence-electron chi connectivity index (χ4n) is 1.49. The summed E-state index contributed by atoms with van der Waals surface area (Å²) in [6.45, 7) is 1.13. The Kier molecular flexibility index (Phi) is 5.26. The van der Waals surface area contributed by atoms with Crippen molar-refractivity contribution in [3.8, 4) is 17.2 Å². The van der Waals surface area contributed by atoms with Crippen LogP contribution in [0.1, 0.15) is 29.6 Å². The first kappa shape index (κ1) is 14.1. The van der Waals surface area contributed by atoms with E-state index in [9.17, 15) is 15.0 Å². The van der Waals surface area contributed by atoms with Gasteiger partial charge in [0, 0.05) is 12.1 Å². The van der Waals surface area contributed by atoms with E-state index in [1.165, 1.54) is 0 Å². The van der Waals surface area contributed by atoms with Crippen molar-refractivity contribution in [2.75, 3.05) is 13.1 Å². The Labute approximate surface area is 105 Å². The molecule has 0 fully saturated rings. The van der Waals surface area contributed by atoms with Crippen molar-refractivity contribution in [2.45, 2.75) is 19.3 Å². The molecule has 18 heavy (non-hydrogen) atoms. The molecule has 0 spiro atoms. The second-order valence-corrected chi connectivity index (χ2v) is 3.97. The van der Waals surface area contributed by atoms with Crippen molar-refractivity contribution in [3.63, 3.8) is 0 Å². The van der Waals surface area contributed by atoms with E-state index in [4.69, 9.17) is 10.8 Å².